The van der Waals surface area contributed by atoms with Crippen molar-refractivity contribution in [2.24, 2.45) is 0 Å². The van der Waals surface area contributed by atoms with E-state index in [0.29, 0.717) is 32.5 Å². The molecule has 1 rings (SSSR count). The molecule has 2 amide bonds. The molecular formula is C24H34N2O5. The monoisotopic (exact) mass is 430 g/mol. The van der Waals surface area contributed by atoms with Crippen LogP contribution in [0.25, 0.3) is 0 Å². The summed E-state index contributed by atoms with van der Waals surface area (Å²) >= 11 is 0. The molecule has 0 aromatic heterocycles. The predicted molar refractivity (Wildman–Crippen MR) is 119 cm³/mol. The molecule has 0 aliphatic carbocycles. The van der Waals surface area contributed by atoms with Gasteiger partial charge in [0.15, 0.2) is 5.78 Å². The first-order valence-corrected chi connectivity index (χ1v) is 10.7. The zero-order chi connectivity index (χ0) is 22.9. The zero-order valence-electron chi connectivity index (χ0n) is 18.8. The Kier molecular flexibility index (Phi) is 13.6. The maximum Gasteiger partial charge on any atom is 0.210 e. The Morgan fingerprint density at radius 2 is 2.03 bits per heavy atom. The molecule has 170 valence electrons. The number of amides is 2. The molecule has 0 aliphatic heterocycles. The van der Waals surface area contributed by atoms with E-state index >= 15 is 0 Å². The lowest BCUT2D eigenvalue weighted by molar-refractivity contribution is -0.127. The second-order valence-electron chi connectivity index (χ2n) is 7.33. The topological polar surface area (TPSA) is 84.9 Å². The van der Waals surface area contributed by atoms with E-state index in [9.17, 15) is 14.4 Å². The summed E-state index contributed by atoms with van der Waals surface area (Å²) in [6.45, 7) is 7.66. The van der Waals surface area contributed by atoms with E-state index in [1.54, 1.807) is 4.90 Å². The Balaban J connectivity index is 2.52. The second-order valence-corrected chi connectivity index (χ2v) is 7.33. The third kappa shape index (κ3) is 10.8. The van der Waals surface area contributed by atoms with Gasteiger partial charge in [0.05, 0.1) is 0 Å². The van der Waals surface area contributed by atoms with Gasteiger partial charge in [-0.05, 0) is 43.9 Å². The summed E-state index contributed by atoms with van der Waals surface area (Å²) in [4.78, 5) is 35.2. The average molecular weight is 431 g/mol. The standard InChI is InChI=1S/C24H34N2O5/c1-4-8-21(3)26(19-28)15-24-20(2)9-5-10-22(24)11-6-13-30-16-23(29)17-31-14-7-12-25-18-27/h5,9-10,18-19,21H,4,7-8,12-17H2,1-3H3,(H,25,27). The summed E-state index contributed by atoms with van der Waals surface area (Å²) in [5.74, 6) is 5.89. The maximum atomic E-state index is 11.7. The smallest absolute Gasteiger partial charge is 0.210 e. The highest BCUT2D eigenvalue weighted by Crippen LogP contribution is 2.18. The molecule has 0 bridgehead atoms. The van der Waals surface area contributed by atoms with Crippen molar-refractivity contribution in [1.29, 1.82) is 0 Å². The zero-order valence-corrected chi connectivity index (χ0v) is 18.8. The molecule has 0 fully saturated rings. The number of rotatable bonds is 16. The van der Waals surface area contributed by atoms with Crippen molar-refractivity contribution >= 4 is 18.6 Å². The summed E-state index contributed by atoms with van der Waals surface area (Å²) in [5.41, 5.74) is 2.97. The minimum absolute atomic E-state index is 0.0198. The van der Waals surface area contributed by atoms with Crippen molar-refractivity contribution in [3.63, 3.8) is 0 Å². The quantitative estimate of drug-likeness (QED) is 0.247. The van der Waals surface area contributed by atoms with Gasteiger partial charge in [-0.1, -0.05) is 37.3 Å². The van der Waals surface area contributed by atoms with Gasteiger partial charge in [-0.2, -0.15) is 0 Å². The van der Waals surface area contributed by atoms with Crippen molar-refractivity contribution in [2.75, 3.05) is 33.0 Å². The van der Waals surface area contributed by atoms with Crippen LogP contribution in [-0.4, -0.2) is 62.5 Å². The fraction of sp³-hybridized carbons (Fsp3) is 0.542. The number of carbonyl (C=O) groups excluding carboxylic acids is 3. The number of nitrogens with zero attached hydrogens (tertiary/aromatic N) is 1. The molecule has 1 unspecified atom stereocenters. The summed E-state index contributed by atoms with van der Waals surface area (Å²) in [7, 11) is 0. The summed E-state index contributed by atoms with van der Waals surface area (Å²) in [6.07, 6.45) is 4.15. The maximum absolute atomic E-state index is 11.7. The number of benzene rings is 1. The normalized spacial score (nSPS) is 11.2. The second kappa shape index (κ2) is 16.1. The largest absolute Gasteiger partial charge is 0.374 e. The molecule has 0 saturated carbocycles. The molecule has 0 aliphatic rings. The molecule has 1 atom stereocenters. The molecule has 1 aromatic carbocycles. The molecule has 1 aromatic rings. The number of hydrogen-bond donors (Lipinski definition) is 1. The van der Waals surface area contributed by atoms with Crippen LogP contribution in [0.2, 0.25) is 0 Å². The minimum Gasteiger partial charge on any atom is -0.374 e. The van der Waals surface area contributed by atoms with Crippen LogP contribution in [0.3, 0.4) is 0 Å². The highest BCUT2D eigenvalue weighted by atomic mass is 16.5. The van der Waals surface area contributed by atoms with Gasteiger partial charge in [0.2, 0.25) is 12.8 Å². The van der Waals surface area contributed by atoms with Crippen molar-refractivity contribution in [3.05, 3.63) is 34.9 Å². The van der Waals surface area contributed by atoms with E-state index in [-0.39, 0.29) is 31.6 Å². The van der Waals surface area contributed by atoms with Crippen molar-refractivity contribution in [1.82, 2.24) is 10.2 Å². The number of hydrogen-bond acceptors (Lipinski definition) is 5. The average Bonchev–Trinajstić information content (AvgIpc) is 2.75. The fourth-order valence-corrected chi connectivity index (χ4v) is 3.00. The third-order valence-electron chi connectivity index (χ3n) is 4.78. The lowest BCUT2D eigenvalue weighted by Gasteiger charge is -2.26. The molecule has 0 saturated heterocycles. The van der Waals surface area contributed by atoms with Crippen LogP contribution in [0.1, 0.15) is 49.8 Å². The van der Waals surface area contributed by atoms with Gasteiger partial charge in [-0.3, -0.25) is 14.4 Å². The fourth-order valence-electron chi connectivity index (χ4n) is 3.00. The van der Waals surface area contributed by atoms with Crippen molar-refractivity contribution in [2.45, 2.75) is 52.6 Å². The van der Waals surface area contributed by atoms with E-state index in [1.165, 1.54) is 0 Å². The van der Waals surface area contributed by atoms with E-state index in [1.807, 2.05) is 25.1 Å². The Morgan fingerprint density at radius 1 is 1.26 bits per heavy atom. The number of aryl methyl sites for hydroxylation is 1. The van der Waals surface area contributed by atoms with E-state index in [0.717, 1.165) is 35.9 Å². The first kappa shape index (κ1) is 26.3. The number of carbonyl (C=O) groups is 3. The van der Waals surface area contributed by atoms with Gasteiger partial charge in [0.1, 0.15) is 19.8 Å². The lowest BCUT2D eigenvalue weighted by Crippen LogP contribution is -2.31. The Labute approximate surface area is 185 Å². The van der Waals surface area contributed by atoms with Crippen LogP contribution < -0.4 is 5.32 Å². The molecule has 0 spiro atoms. The summed E-state index contributed by atoms with van der Waals surface area (Å²) in [6, 6.07) is 6.05. The first-order chi connectivity index (χ1) is 15.0. The van der Waals surface area contributed by atoms with Crippen LogP contribution >= 0.6 is 0 Å². The van der Waals surface area contributed by atoms with Crippen LogP contribution in [-0.2, 0) is 30.4 Å². The van der Waals surface area contributed by atoms with Gasteiger partial charge >= 0.3 is 0 Å². The van der Waals surface area contributed by atoms with Gasteiger partial charge in [-0.15, -0.1) is 0 Å². The first-order valence-electron chi connectivity index (χ1n) is 10.7. The van der Waals surface area contributed by atoms with E-state index in [2.05, 4.69) is 31.0 Å². The van der Waals surface area contributed by atoms with Gasteiger partial charge < -0.3 is 19.7 Å². The molecular weight excluding hydrogens is 396 g/mol. The highest BCUT2D eigenvalue weighted by molar-refractivity contribution is 5.80. The number of nitrogens with one attached hydrogen (secondary N) is 1. The van der Waals surface area contributed by atoms with Gasteiger partial charge in [-0.25, -0.2) is 0 Å². The number of Topliss-reactive ketones (excluding diaryl/α,β-unsaturated/α-hetero) is 1. The van der Waals surface area contributed by atoms with Crippen molar-refractivity contribution < 1.29 is 23.9 Å². The minimum atomic E-state index is -0.159. The Bertz CT molecular complexity index is 754. The SMILES string of the molecule is CCCC(C)N(C=O)Cc1c(C)cccc1C#CCOCC(=O)COCCCNC=O. The van der Waals surface area contributed by atoms with Crippen LogP contribution in [0, 0.1) is 18.8 Å². The van der Waals surface area contributed by atoms with E-state index in [4.69, 9.17) is 9.47 Å². The molecule has 1 N–H and O–H groups in total. The lowest BCUT2D eigenvalue weighted by atomic mass is 10.0. The summed E-state index contributed by atoms with van der Waals surface area (Å²) < 4.78 is 10.6. The summed E-state index contributed by atoms with van der Waals surface area (Å²) in [5, 5.41) is 2.52. The van der Waals surface area contributed by atoms with Crippen LogP contribution in [0.15, 0.2) is 18.2 Å². The van der Waals surface area contributed by atoms with Gasteiger partial charge in [0.25, 0.3) is 0 Å². The molecule has 0 heterocycles. The number of ketones is 1. The molecule has 7 nitrogen and oxygen atoms in total. The van der Waals surface area contributed by atoms with Crippen LogP contribution in [0.5, 0.6) is 0 Å². The Morgan fingerprint density at radius 3 is 2.74 bits per heavy atom. The molecule has 7 heteroatoms. The molecule has 0 radical (unpaired) electrons. The highest BCUT2D eigenvalue weighted by Gasteiger charge is 2.14. The predicted octanol–water partition coefficient (Wildman–Crippen LogP) is 2.23. The Hall–Kier alpha value is -2.69. The van der Waals surface area contributed by atoms with Crippen molar-refractivity contribution in [3.8, 4) is 11.8 Å². The van der Waals surface area contributed by atoms with Crippen LogP contribution in [0.4, 0.5) is 0 Å². The molecule has 31 heavy (non-hydrogen) atoms. The third-order valence-corrected chi connectivity index (χ3v) is 4.78. The van der Waals surface area contributed by atoms with Gasteiger partial charge in [0, 0.05) is 31.3 Å². The van der Waals surface area contributed by atoms with E-state index < -0.39 is 0 Å². The number of ether oxygens (including phenoxy) is 2.